The molecule has 0 aromatic rings. The van der Waals surface area contributed by atoms with E-state index in [4.69, 9.17) is 9.57 Å². The fraction of sp³-hybridized carbons (Fsp3) is 0.895. The van der Waals surface area contributed by atoms with Crippen LogP contribution in [0.25, 0.3) is 0 Å². The predicted molar refractivity (Wildman–Crippen MR) is 99.9 cm³/mol. The number of hydrogen-bond donors (Lipinski definition) is 0. The molecule has 25 heavy (non-hydrogen) atoms. The molecule has 1 amide bonds. The lowest BCUT2D eigenvalue weighted by Crippen LogP contribution is -2.43. The predicted octanol–water partition coefficient (Wildman–Crippen LogP) is 3.51. The van der Waals surface area contributed by atoms with Crippen molar-refractivity contribution in [2.24, 2.45) is 11.1 Å². The maximum atomic E-state index is 11.9. The lowest BCUT2D eigenvalue weighted by molar-refractivity contribution is 0.105. The van der Waals surface area contributed by atoms with Crippen LogP contribution in [0.4, 0.5) is 4.79 Å². The summed E-state index contributed by atoms with van der Waals surface area (Å²) in [5.41, 5.74) is 1.22. The van der Waals surface area contributed by atoms with Crippen molar-refractivity contribution in [2.75, 3.05) is 39.4 Å². The van der Waals surface area contributed by atoms with Gasteiger partial charge in [-0.15, -0.1) is 0 Å². The molecule has 1 atom stereocenters. The molecule has 1 unspecified atom stereocenters. The number of nitrogens with zero attached hydrogens (tertiary/aromatic N) is 3. The van der Waals surface area contributed by atoms with Crippen molar-refractivity contribution in [1.82, 2.24) is 9.80 Å². The fourth-order valence-electron chi connectivity index (χ4n) is 4.01. The SMILES string of the molecule is CCON=C(CC)C1CCN(C2CCCN(C(=O)OCC)CC2)CC1. The summed E-state index contributed by atoms with van der Waals surface area (Å²) in [6, 6.07) is 0.592. The Kier molecular flexibility index (Phi) is 8.52. The summed E-state index contributed by atoms with van der Waals surface area (Å²) < 4.78 is 5.15. The molecule has 0 bridgehead atoms. The minimum Gasteiger partial charge on any atom is -0.450 e. The summed E-state index contributed by atoms with van der Waals surface area (Å²) in [6.07, 6.45) is 6.44. The topological polar surface area (TPSA) is 54.4 Å². The summed E-state index contributed by atoms with van der Waals surface area (Å²) in [7, 11) is 0. The zero-order valence-electron chi connectivity index (χ0n) is 16.2. The smallest absolute Gasteiger partial charge is 0.409 e. The van der Waals surface area contributed by atoms with Crippen molar-refractivity contribution in [3.8, 4) is 0 Å². The van der Waals surface area contributed by atoms with Crippen molar-refractivity contribution in [2.45, 2.75) is 65.3 Å². The molecular weight excluding hydrogens is 318 g/mol. The molecule has 0 saturated carbocycles. The third-order valence-corrected chi connectivity index (χ3v) is 5.41. The zero-order valence-corrected chi connectivity index (χ0v) is 16.2. The molecule has 2 heterocycles. The average Bonchev–Trinajstić information content (AvgIpc) is 2.89. The molecule has 2 fully saturated rings. The van der Waals surface area contributed by atoms with Gasteiger partial charge in [-0.2, -0.15) is 0 Å². The van der Waals surface area contributed by atoms with Gasteiger partial charge in [-0.3, -0.25) is 0 Å². The first kappa shape index (κ1) is 20.0. The molecule has 0 spiro atoms. The molecule has 2 aliphatic rings. The number of amides is 1. The minimum atomic E-state index is -0.151. The van der Waals surface area contributed by atoms with Crippen LogP contribution in [-0.2, 0) is 9.57 Å². The third kappa shape index (κ3) is 5.87. The first-order valence-electron chi connectivity index (χ1n) is 10.0. The maximum absolute atomic E-state index is 11.9. The average molecular weight is 354 g/mol. The van der Waals surface area contributed by atoms with E-state index in [1.807, 2.05) is 18.7 Å². The van der Waals surface area contributed by atoms with Crippen molar-refractivity contribution in [3.05, 3.63) is 0 Å². The minimum absolute atomic E-state index is 0.151. The highest BCUT2D eigenvalue weighted by Crippen LogP contribution is 2.26. The van der Waals surface area contributed by atoms with Crippen molar-refractivity contribution in [3.63, 3.8) is 0 Å². The molecule has 6 heteroatoms. The van der Waals surface area contributed by atoms with Gasteiger partial charge in [-0.1, -0.05) is 12.1 Å². The number of ether oxygens (including phenoxy) is 1. The van der Waals surface area contributed by atoms with E-state index in [1.165, 1.54) is 12.1 Å². The molecule has 6 nitrogen and oxygen atoms in total. The van der Waals surface area contributed by atoms with E-state index < -0.39 is 0 Å². The number of carbonyl (C=O) groups excluding carboxylic acids is 1. The largest absolute Gasteiger partial charge is 0.450 e. The summed E-state index contributed by atoms with van der Waals surface area (Å²) in [5, 5.41) is 4.32. The Labute approximate surface area is 152 Å². The number of likely N-dealkylation sites (tertiary alicyclic amines) is 2. The fourth-order valence-corrected chi connectivity index (χ4v) is 4.01. The van der Waals surface area contributed by atoms with Crippen LogP contribution in [0.5, 0.6) is 0 Å². The van der Waals surface area contributed by atoms with E-state index in [9.17, 15) is 4.79 Å². The monoisotopic (exact) mass is 353 g/mol. The van der Waals surface area contributed by atoms with Crippen LogP contribution in [0.15, 0.2) is 5.16 Å². The van der Waals surface area contributed by atoms with Crippen LogP contribution in [0.2, 0.25) is 0 Å². The number of piperidine rings is 1. The van der Waals surface area contributed by atoms with E-state index in [0.717, 1.165) is 58.3 Å². The van der Waals surface area contributed by atoms with E-state index in [-0.39, 0.29) is 6.09 Å². The number of carbonyl (C=O) groups is 1. The summed E-state index contributed by atoms with van der Waals surface area (Å²) in [5.74, 6) is 0.564. The van der Waals surface area contributed by atoms with Gasteiger partial charge < -0.3 is 19.4 Å². The Morgan fingerprint density at radius 1 is 1.00 bits per heavy atom. The lowest BCUT2D eigenvalue weighted by atomic mass is 9.89. The second-order valence-corrected chi connectivity index (χ2v) is 6.93. The van der Waals surface area contributed by atoms with E-state index in [0.29, 0.717) is 25.2 Å². The molecule has 0 radical (unpaired) electrons. The molecule has 2 rings (SSSR count). The van der Waals surface area contributed by atoms with Gasteiger partial charge >= 0.3 is 6.09 Å². The Bertz CT molecular complexity index is 434. The lowest BCUT2D eigenvalue weighted by Gasteiger charge is -2.37. The van der Waals surface area contributed by atoms with Gasteiger partial charge in [-0.25, -0.2) is 4.79 Å². The van der Waals surface area contributed by atoms with E-state index in [1.54, 1.807) is 0 Å². The van der Waals surface area contributed by atoms with Crippen molar-refractivity contribution in [1.29, 1.82) is 0 Å². The molecule has 144 valence electrons. The van der Waals surface area contributed by atoms with Gasteiger partial charge in [0.15, 0.2) is 0 Å². The van der Waals surface area contributed by atoms with Crippen LogP contribution in [-0.4, -0.2) is 67.0 Å². The first-order chi connectivity index (χ1) is 12.2. The van der Waals surface area contributed by atoms with Crippen molar-refractivity contribution < 1.29 is 14.4 Å². The quantitative estimate of drug-likeness (QED) is 0.542. The standard InChI is InChI=1S/C19H35N3O3/c1-4-18(20-25-6-3)16-9-13-21(14-10-16)17-8-7-12-22(15-11-17)19(23)24-5-2/h16-17H,4-15H2,1-3H3. The Hall–Kier alpha value is -1.30. The van der Waals surface area contributed by atoms with Gasteiger partial charge in [0.05, 0.1) is 12.3 Å². The molecule has 0 aliphatic carbocycles. The van der Waals surface area contributed by atoms with Gasteiger partial charge in [0, 0.05) is 25.0 Å². The summed E-state index contributed by atoms with van der Waals surface area (Å²) in [4.78, 5) is 21.7. The van der Waals surface area contributed by atoms with E-state index >= 15 is 0 Å². The Balaban J connectivity index is 1.81. The van der Waals surface area contributed by atoms with Gasteiger partial charge in [0.2, 0.25) is 0 Å². The zero-order chi connectivity index (χ0) is 18.1. The van der Waals surface area contributed by atoms with Crippen LogP contribution >= 0.6 is 0 Å². The van der Waals surface area contributed by atoms with E-state index in [2.05, 4.69) is 17.0 Å². The van der Waals surface area contributed by atoms with Crippen LogP contribution < -0.4 is 0 Å². The second-order valence-electron chi connectivity index (χ2n) is 6.93. The number of hydrogen-bond acceptors (Lipinski definition) is 5. The molecule has 2 saturated heterocycles. The van der Waals surface area contributed by atoms with Crippen LogP contribution in [0.1, 0.15) is 59.3 Å². The second kappa shape index (κ2) is 10.6. The highest BCUT2D eigenvalue weighted by atomic mass is 16.6. The van der Waals surface area contributed by atoms with Crippen LogP contribution in [0.3, 0.4) is 0 Å². The summed E-state index contributed by atoms with van der Waals surface area (Å²) in [6.45, 7) is 11.0. The van der Waals surface area contributed by atoms with Crippen molar-refractivity contribution >= 4 is 11.8 Å². The number of oxime groups is 1. The maximum Gasteiger partial charge on any atom is 0.409 e. The molecule has 0 N–H and O–H groups in total. The molecular formula is C19H35N3O3. The van der Waals surface area contributed by atoms with Gasteiger partial charge in [0.25, 0.3) is 0 Å². The summed E-state index contributed by atoms with van der Waals surface area (Å²) >= 11 is 0. The third-order valence-electron chi connectivity index (χ3n) is 5.41. The van der Waals surface area contributed by atoms with Gasteiger partial charge in [0.1, 0.15) is 6.61 Å². The van der Waals surface area contributed by atoms with Gasteiger partial charge in [-0.05, 0) is 65.5 Å². The Morgan fingerprint density at radius 2 is 1.76 bits per heavy atom. The molecule has 0 aromatic carbocycles. The highest BCUT2D eigenvalue weighted by Gasteiger charge is 2.29. The van der Waals surface area contributed by atoms with Crippen LogP contribution in [0, 0.1) is 5.92 Å². The molecule has 0 aromatic heterocycles. The highest BCUT2D eigenvalue weighted by molar-refractivity contribution is 5.86. The Morgan fingerprint density at radius 3 is 2.40 bits per heavy atom. The normalized spacial score (nSPS) is 24.0. The number of rotatable bonds is 6. The first-order valence-corrected chi connectivity index (χ1v) is 10.0. The molecule has 2 aliphatic heterocycles.